The summed E-state index contributed by atoms with van der Waals surface area (Å²) in [6, 6.07) is 7.28. The van der Waals surface area contributed by atoms with Gasteiger partial charge in [0.15, 0.2) is 0 Å². The minimum absolute atomic E-state index is 0.0248. The number of anilines is 1. The molecule has 0 atom stereocenters. The summed E-state index contributed by atoms with van der Waals surface area (Å²) in [7, 11) is 2.60. The highest BCUT2D eigenvalue weighted by atomic mass is 16.5. The molecule has 0 radical (unpaired) electrons. The zero-order chi connectivity index (χ0) is 21.8. The number of rotatable bonds is 7. The van der Waals surface area contributed by atoms with Crippen LogP contribution in [0.15, 0.2) is 24.3 Å². The van der Waals surface area contributed by atoms with Crippen molar-refractivity contribution in [2.45, 2.75) is 46.1 Å². The summed E-state index contributed by atoms with van der Waals surface area (Å²) in [4.78, 5) is 37.1. The summed E-state index contributed by atoms with van der Waals surface area (Å²) in [5.74, 6) is -0.668. The second kappa shape index (κ2) is 9.15. The van der Waals surface area contributed by atoms with E-state index in [9.17, 15) is 14.4 Å². The molecule has 1 N–H and O–H groups in total. The number of carbonyl (C=O) groups excluding carboxylic acids is 3. The van der Waals surface area contributed by atoms with Crippen LogP contribution in [-0.4, -0.2) is 36.6 Å². The van der Waals surface area contributed by atoms with Gasteiger partial charge in [0.05, 0.1) is 25.5 Å². The highest BCUT2D eigenvalue weighted by Gasteiger charge is 2.34. The predicted molar refractivity (Wildman–Crippen MR) is 114 cm³/mol. The fourth-order valence-corrected chi connectivity index (χ4v) is 3.86. The number of hydrogen-bond donors (Lipinski definition) is 1. The first kappa shape index (κ1) is 21.6. The Kier molecular flexibility index (Phi) is 6.59. The van der Waals surface area contributed by atoms with Crippen molar-refractivity contribution < 1.29 is 23.9 Å². The number of aromatic nitrogens is 1. The molecule has 30 heavy (non-hydrogen) atoms. The molecule has 7 nitrogen and oxygen atoms in total. The maximum atomic E-state index is 12.6. The number of carbonyl (C=O) groups is 3. The third-order valence-electron chi connectivity index (χ3n) is 5.34. The number of fused-ring (bicyclic) bond motifs is 1. The summed E-state index contributed by atoms with van der Waals surface area (Å²) in [5, 5.41) is 2.90. The Morgan fingerprint density at radius 3 is 2.27 bits per heavy atom. The Morgan fingerprint density at radius 2 is 1.67 bits per heavy atom. The van der Waals surface area contributed by atoms with Crippen molar-refractivity contribution in [3.05, 3.63) is 41.1 Å². The molecular weight excluding hydrogens is 384 g/mol. The summed E-state index contributed by atoms with van der Waals surface area (Å²) < 4.78 is 11.9. The molecule has 1 aliphatic rings. The van der Waals surface area contributed by atoms with E-state index in [4.69, 9.17) is 9.47 Å². The van der Waals surface area contributed by atoms with Crippen LogP contribution in [0.4, 0.5) is 5.69 Å². The molecular formula is C23H28N2O5. The zero-order valence-corrected chi connectivity index (χ0v) is 17.9. The average molecular weight is 412 g/mol. The van der Waals surface area contributed by atoms with Crippen molar-refractivity contribution in [2.75, 3.05) is 19.5 Å². The zero-order valence-electron chi connectivity index (χ0n) is 17.9. The average Bonchev–Trinajstić information content (AvgIpc) is 3.32. The van der Waals surface area contributed by atoms with Crippen molar-refractivity contribution in [3.8, 4) is 11.3 Å². The van der Waals surface area contributed by atoms with Crippen molar-refractivity contribution in [1.29, 1.82) is 0 Å². The lowest BCUT2D eigenvalue weighted by molar-refractivity contribution is -0.116. The SMILES string of the molecule is COC(=O)c1c(C(=O)OC)c(-c2ccc(NC(=O)CCC(C)C)cc2)n2c1CCC2. The van der Waals surface area contributed by atoms with Gasteiger partial charge in [-0.15, -0.1) is 0 Å². The maximum absolute atomic E-state index is 12.6. The molecule has 0 saturated carbocycles. The van der Waals surface area contributed by atoms with E-state index in [1.54, 1.807) is 12.1 Å². The Morgan fingerprint density at radius 1 is 1.03 bits per heavy atom. The molecule has 0 fully saturated rings. The standard InChI is InChI=1S/C23H28N2O5/c1-14(2)7-12-18(26)24-16-10-8-15(9-11-16)21-20(23(28)30-4)19(22(27)29-3)17-6-5-13-25(17)21/h8-11,14H,5-7,12-13H2,1-4H3,(H,24,26). The van der Waals surface area contributed by atoms with Gasteiger partial charge in [0.1, 0.15) is 5.56 Å². The molecule has 7 heteroatoms. The van der Waals surface area contributed by atoms with Crippen LogP contribution in [-0.2, 0) is 27.2 Å². The van der Waals surface area contributed by atoms with Crippen LogP contribution >= 0.6 is 0 Å². The molecule has 0 spiro atoms. The van der Waals surface area contributed by atoms with E-state index < -0.39 is 11.9 Å². The van der Waals surface area contributed by atoms with Crippen LogP contribution in [0.3, 0.4) is 0 Å². The smallest absolute Gasteiger partial charge is 0.340 e. The number of methoxy groups -OCH3 is 2. The van der Waals surface area contributed by atoms with Crippen LogP contribution in [0.25, 0.3) is 11.3 Å². The van der Waals surface area contributed by atoms with Gasteiger partial charge in [0.2, 0.25) is 5.91 Å². The lowest BCUT2D eigenvalue weighted by atomic mass is 10.0. The first-order chi connectivity index (χ1) is 14.4. The second-order valence-corrected chi connectivity index (χ2v) is 7.84. The highest BCUT2D eigenvalue weighted by molar-refractivity contribution is 6.09. The predicted octanol–water partition coefficient (Wildman–Crippen LogP) is 4.05. The number of esters is 2. The van der Waals surface area contributed by atoms with Crippen LogP contribution < -0.4 is 5.32 Å². The largest absolute Gasteiger partial charge is 0.465 e. The first-order valence-corrected chi connectivity index (χ1v) is 10.2. The summed E-state index contributed by atoms with van der Waals surface area (Å²) in [6.07, 6.45) is 2.88. The topological polar surface area (TPSA) is 86.6 Å². The summed E-state index contributed by atoms with van der Waals surface area (Å²) in [6.45, 7) is 4.87. The number of nitrogens with one attached hydrogen (secondary N) is 1. The molecule has 0 unspecified atom stereocenters. The Bertz CT molecular complexity index is 957. The molecule has 0 bridgehead atoms. The van der Waals surface area contributed by atoms with Crippen LogP contribution in [0.1, 0.15) is 59.5 Å². The number of benzene rings is 1. The summed E-state index contributed by atoms with van der Waals surface area (Å²) >= 11 is 0. The van der Waals surface area contributed by atoms with Gasteiger partial charge < -0.3 is 19.4 Å². The molecule has 2 heterocycles. The maximum Gasteiger partial charge on any atom is 0.340 e. The molecule has 0 saturated heterocycles. The van der Waals surface area contributed by atoms with E-state index in [1.807, 2.05) is 16.7 Å². The van der Waals surface area contributed by atoms with E-state index in [0.29, 0.717) is 36.7 Å². The van der Waals surface area contributed by atoms with Crippen molar-refractivity contribution in [1.82, 2.24) is 4.57 Å². The fourth-order valence-electron chi connectivity index (χ4n) is 3.86. The Balaban J connectivity index is 1.97. The fraction of sp³-hybridized carbons (Fsp3) is 0.435. The molecule has 3 rings (SSSR count). The molecule has 2 aromatic rings. The molecule has 1 aromatic heterocycles. The Labute approximate surface area is 176 Å². The monoisotopic (exact) mass is 412 g/mol. The van der Waals surface area contributed by atoms with Gasteiger partial charge in [0.25, 0.3) is 0 Å². The lowest BCUT2D eigenvalue weighted by Crippen LogP contribution is -2.12. The van der Waals surface area contributed by atoms with E-state index >= 15 is 0 Å². The normalized spacial score (nSPS) is 12.6. The van der Waals surface area contributed by atoms with Gasteiger partial charge in [-0.25, -0.2) is 9.59 Å². The van der Waals surface area contributed by atoms with Gasteiger partial charge in [-0.2, -0.15) is 0 Å². The molecule has 0 aliphatic carbocycles. The minimum Gasteiger partial charge on any atom is -0.465 e. The van der Waals surface area contributed by atoms with E-state index in [1.165, 1.54) is 14.2 Å². The number of hydrogen-bond acceptors (Lipinski definition) is 5. The van der Waals surface area contributed by atoms with Gasteiger partial charge >= 0.3 is 11.9 Å². The van der Waals surface area contributed by atoms with Crippen LogP contribution in [0, 0.1) is 5.92 Å². The van der Waals surface area contributed by atoms with Crippen LogP contribution in [0.5, 0.6) is 0 Å². The lowest BCUT2D eigenvalue weighted by Gasteiger charge is -2.11. The van der Waals surface area contributed by atoms with Crippen molar-refractivity contribution in [3.63, 3.8) is 0 Å². The molecule has 1 aliphatic heterocycles. The first-order valence-electron chi connectivity index (χ1n) is 10.2. The number of amides is 1. The summed E-state index contributed by atoms with van der Waals surface area (Å²) in [5.41, 5.74) is 3.41. The van der Waals surface area contributed by atoms with Crippen LogP contribution in [0.2, 0.25) is 0 Å². The van der Waals surface area contributed by atoms with E-state index in [-0.39, 0.29) is 17.0 Å². The van der Waals surface area contributed by atoms with Gasteiger partial charge in [-0.1, -0.05) is 26.0 Å². The van der Waals surface area contributed by atoms with Gasteiger partial charge in [0, 0.05) is 24.3 Å². The minimum atomic E-state index is -0.571. The van der Waals surface area contributed by atoms with E-state index in [0.717, 1.165) is 24.1 Å². The van der Waals surface area contributed by atoms with E-state index in [2.05, 4.69) is 19.2 Å². The molecule has 1 aromatic carbocycles. The second-order valence-electron chi connectivity index (χ2n) is 7.84. The number of ether oxygens (including phenoxy) is 2. The third kappa shape index (κ3) is 4.25. The quantitative estimate of drug-likeness (QED) is 0.694. The van der Waals surface area contributed by atoms with Gasteiger partial charge in [-0.05, 0) is 42.9 Å². The Hall–Kier alpha value is -3.09. The third-order valence-corrected chi connectivity index (χ3v) is 5.34. The van der Waals surface area contributed by atoms with Crippen molar-refractivity contribution in [2.24, 2.45) is 5.92 Å². The number of nitrogens with zero attached hydrogens (tertiary/aromatic N) is 1. The highest BCUT2D eigenvalue weighted by Crippen LogP contribution is 2.37. The molecule has 1 amide bonds. The molecule has 160 valence electrons. The van der Waals surface area contributed by atoms with Gasteiger partial charge in [-0.3, -0.25) is 4.79 Å². The van der Waals surface area contributed by atoms with Crippen molar-refractivity contribution >= 4 is 23.5 Å².